The maximum absolute atomic E-state index is 6.30. The van der Waals surface area contributed by atoms with Gasteiger partial charge in [-0.15, -0.1) is 0 Å². The SMILES string of the molecule is c1ccc2c(c1)Oc1cccc3nc(-n4c5ccccc5c5ccc(-c6ccc7c8ccccc8n(-c8ccc9ccccc9c8)c7c6)cc54)nc-2c13. The highest BCUT2D eigenvalue weighted by atomic mass is 16.5. The molecule has 0 spiro atoms. The smallest absolute Gasteiger partial charge is 0.235 e. The number of ether oxygens (including phenoxy) is 1. The summed E-state index contributed by atoms with van der Waals surface area (Å²) in [5, 5.41) is 8.19. The quantitative estimate of drug-likeness (QED) is 0.187. The van der Waals surface area contributed by atoms with Crippen LogP contribution in [0.5, 0.6) is 11.5 Å². The lowest BCUT2D eigenvalue weighted by atomic mass is 10.0. The molecule has 3 aromatic heterocycles. The zero-order valence-electron chi connectivity index (χ0n) is 28.4. The lowest BCUT2D eigenvalue weighted by Crippen LogP contribution is -2.06. The first-order valence-electron chi connectivity index (χ1n) is 17.9. The Kier molecular flexibility index (Phi) is 5.71. The third-order valence-corrected chi connectivity index (χ3v) is 10.9. The summed E-state index contributed by atoms with van der Waals surface area (Å²) in [4.78, 5) is 10.5. The van der Waals surface area contributed by atoms with Crippen LogP contribution in [0.4, 0.5) is 0 Å². The molecular weight excluding hydrogens is 649 g/mol. The van der Waals surface area contributed by atoms with Crippen molar-refractivity contribution >= 4 is 65.3 Å². The molecule has 53 heavy (non-hydrogen) atoms. The highest BCUT2D eigenvalue weighted by Gasteiger charge is 2.24. The first kappa shape index (κ1) is 28.5. The molecule has 5 nitrogen and oxygen atoms in total. The van der Waals surface area contributed by atoms with Crippen molar-refractivity contribution in [3.05, 3.63) is 170 Å². The van der Waals surface area contributed by atoms with Crippen molar-refractivity contribution < 1.29 is 4.74 Å². The van der Waals surface area contributed by atoms with Crippen LogP contribution in [-0.2, 0) is 0 Å². The van der Waals surface area contributed by atoms with Gasteiger partial charge in [0.1, 0.15) is 11.5 Å². The number of hydrogen-bond donors (Lipinski definition) is 0. The second kappa shape index (κ2) is 10.6. The van der Waals surface area contributed by atoms with Crippen LogP contribution >= 0.6 is 0 Å². The molecule has 0 bridgehead atoms. The fraction of sp³-hybridized carbons (Fsp3) is 0. The molecule has 0 fully saturated rings. The van der Waals surface area contributed by atoms with Crippen molar-refractivity contribution in [2.45, 2.75) is 0 Å². The summed E-state index contributed by atoms with van der Waals surface area (Å²) in [6, 6.07) is 60.4. The summed E-state index contributed by atoms with van der Waals surface area (Å²) >= 11 is 0. The molecule has 0 aliphatic carbocycles. The van der Waals surface area contributed by atoms with Crippen molar-refractivity contribution in [1.29, 1.82) is 0 Å². The van der Waals surface area contributed by atoms with Crippen LogP contribution in [0.2, 0.25) is 0 Å². The fourth-order valence-corrected chi connectivity index (χ4v) is 8.50. The van der Waals surface area contributed by atoms with Gasteiger partial charge in [-0.1, -0.05) is 109 Å². The Labute approximate surface area is 303 Å². The molecule has 5 heteroatoms. The summed E-state index contributed by atoms with van der Waals surface area (Å²) in [5.41, 5.74) is 10.6. The first-order valence-corrected chi connectivity index (χ1v) is 17.9. The zero-order valence-corrected chi connectivity index (χ0v) is 28.4. The van der Waals surface area contributed by atoms with Gasteiger partial charge in [-0.25, -0.2) is 9.97 Å². The Bertz CT molecular complexity index is 3330. The first-order chi connectivity index (χ1) is 26.3. The predicted molar refractivity (Wildman–Crippen MR) is 217 cm³/mol. The van der Waals surface area contributed by atoms with Gasteiger partial charge in [0.15, 0.2) is 0 Å². The largest absolute Gasteiger partial charge is 0.456 e. The Morgan fingerprint density at radius 2 is 1.04 bits per heavy atom. The van der Waals surface area contributed by atoms with E-state index in [1.807, 2.05) is 36.4 Å². The van der Waals surface area contributed by atoms with Crippen molar-refractivity contribution in [2.75, 3.05) is 0 Å². The van der Waals surface area contributed by atoms with Crippen LogP contribution in [0.3, 0.4) is 0 Å². The van der Waals surface area contributed by atoms with Gasteiger partial charge in [-0.2, -0.15) is 0 Å². The molecule has 1 aliphatic rings. The van der Waals surface area contributed by atoms with Gasteiger partial charge in [0, 0.05) is 32.8 Å². The van der Waals surface area contributed by atoms with E-state index >= 15 is 0 Å². The van der Waals surface area contributed by atoms with Crippen LogP contribution in [0.1, 0.15) is 0 Å². The third kappa shape index (κ3) is 4.07. The van der Waals surface area contributed by atoms with E-state index in [0.29, 0.717) is 5.95 Å². The van der Waals surface area contributed by atoms with Gasteiger partial charge in [-0.05, 0) is 82.6 Å². The second-order valence-corrected chi connectivity index (χ2v) is 13.8. The topological polar surface area (TPSA) is 44.9 Å². The molecule has 0 unspecified atom stereocenters. The van der Waals surface area contributed by atoms with Gasteiger partial charge in [0.25, 0.3) is 0 Å². The van der Waals surface area contributed by atoms with E-state index in [1.54, 1.807) is 0 Å². The minimum Gasteiger partial charge on any atom is -0.456 e. The van der Waals surface area contributed by atoms with Crippen molar-refractivity contribution in [2.24, 2.45) is 0 Å². The van der Waals surface area contributed by atoms with Gasteiger partial charge in [0.2, 0.25) is 5.95 Å². The molecule has 0 atom stereocenters. The predicted octanol–water partition coefficient (Wildman–Crippen LogP) is 12.4. The van der Waals surface area contributed by atoms with E-state index in [0.717, 1.165) is 72.3 Å². The van der Waals surface area contributed by atoms with Gasteiger partial charge in [0.05, 0.1) is 38.7 Å². The molecule has 0 saturated heterocycles. The average Bonchev–Trinajstić information content (AvgIpc) is 3.73. The molecule has 246 valence electrons. The van der Waals surface area contributed by atoms with E-state index in [1.165, 1.54) is 32.6 Å². The summed E-state index contributed by atoms with van der Waals surface area (Å²) in [6.07, 6.45) is 0. The number of benzene rings is 8. The maximum atomic E-state index is 6.30. The summed E-state index contributed by atoms with van der Waals surface area (Å²) in [7, 11) is 0. The Morgan fingerprint density at radius 3 is 1.83 bits per heavy atom. The maximum Gasteiger partial charge on any atom is 0.235 e. The molecular formula is C48H28N4O. The third-order valence-electron chi connectivity index (χ3n) is 10.9. The highest BCUT2D eigenvalue weighted by molar-refractivity contribution is 6.12. The van der Waals surface area contributed by atoms with Crippen molar-refractivity contribution in [1.82, 2.24) is 19.1 Å². The Balaban J connectivity index is 1.10. The second-order valence-electron chi connectivity index (χ2n) is 13.8. The Hall–Kier alpha value is -7.24. The number of aromatic nitrogens is 4. The number of fused-ring (bicyclic) bond motifs is 9. The lowest BCUT2D eigenvalue weighted by molar-refractivity contribution is 0.486. The molecule has 12 rings (SSSR count). The molecule has 8 aromatic carbocycles. The number of rotatable bonds is 3. The number of hydrogen-bond acceptors (Lipinski definition) is 3. The van der Waals surface area contributed by atoms with Crippen LogP contribution in [0.25, 0.3) is 99.3 Å². The molecule has 0 radical (unpaired) electrons. The fourth-order valence-electron chi connectivity index (χ4n) is 8.50. The van der Waals surface area contributed by atoms with Crippen LogP contribution < -0.4 is 4.74 Å². The van der Waals surface area contributed by atoms with E-state index in [9.17, 15) is 0 Å². The normalized spacial score (nSPS) is 12.3. The standard InChI is InChI=1S/C48H28N4O/c1-2-11-30-26-33(23-20-29(30)10-1)51-40-16-6-3-12-34(40)36-24-21-31(27-42(36)51)32-22-25-37-35-13-4-7-17-41(35)52(43(37)28-32)48-49-39-15-9-19-45-46(39)47(50-48)38-14-5-8-18-44(38)53-45/h1-28H. The van der Waals surface area contributed by atoms with Gasteiger partial charge >= 0.3 is 0 Å². The molecule has 1 aliphatic heterocycles. The van der Waals surface area contributed by atoms with Gasteiger partial charge in [-0.3, -0.25) is 4.57 Å². The van der Waals surface area contributed by atoms with E-state index < -0.39 is 0 Å². The summed E-state index contributed by atoms with van der Waals surface area (Å²) in [5.74, 6) is 2.22. The van der Waals surface area contributed by atoms with Crippen molar-refractivity contribution in [3.63, 3.8) is 0 Å². The molecule has 0 N–H and O–H groups in total. The van der Waals surface area contributed by atoms with Crippen LogP contribution in [0, 0.1) is 0 Å². The molecule has 0 saturated carbocycles. The number of nitrogens with zero attached hydrogens (tertiary/aromatic N) is 4. The summed E-state index contributed by atoms with van der Waals surface area (Å²) < 4.78 is 10.9. The number of para-hydroxylation sites is 3. The molecule has 11 aromatic rings. The minimum atomic E-state index is 0.636. The molecule has 0 amide bonds. The van der Waals surface area contributed by atoms with Crippen molar-refractivity contribution in [3.8, 4) is 45.5 Å². The summed E-state index contributed by atoms with van der Waals surface area (Å²) in [6.45, 7) is 0. The van der Waals surface area contributed by atoms with Crippen LogP contribution in [-0.4, -0.2) is 19.1 Å². The Morgan fingerprint density at radius 1 is 0.415 bits per heavy atom. The van der Waals surface area contributed by atoms with Crippen LogP contribution in [0.15, 0.2) is 170 Å². The molecule has 4 heterocycles. The van der Waals surface area contributed by atoms with Gasteiger partial charge < -0.3 is 9.30 Å². The highest BCUT2D eigenvalue weighted by Crippen LogP contribution is 2.46. The lowest BCUT2D eigenvalue weighted by Gasteiger charge is -2.21. The average molecular weight is 677 g/mol. The monoisotopic (exact) mass is 676 g/mol. The minimum absolute atomic E-state index is 0.636. The van der Waals surface area contributed by atoms with E-state index in [4.69, 9.17) is 14.7 Å². The van der Waals surface area contributed by atoms with E-state index in [-0.39, 0.29) is 0 Å². The zero-order chi connectivity index (χ0) is 34.6. The van der Waals surface area contributed by atoms with E-state index in [2.05, 4.69) is 143 Å².